The second-order valence-corrected chi connectivity index (χ2v) is 5.66. The molecular formula is C12H12BrN3O2S. The molecule has 0 saturated heterocycles. The summed E-state index contributed by atoms with van der Waals surface area (Å²) in [4.78, 5) is 14.5. The normalized spacial score (nSPS) is 10.5. The molecule has 0 fully saturated rings. The van der Waals surface area contributed by atoms with Crippen molar-refractivity contribution in [1.82, 2.24) is 4.98 Å². The van der Waals surface area contributed by atoms with Gasteiger partial charge in [-0.15, -0.1) is 0 Å². The molecule has 100 valence electrons. The minimum Gasteiger partial charge on any atom is -0.365 e. The van der Waals surface area contributed by atoms with Crippen molar-refractivity contribution in [1.29, 1.82) is 0 Å². The van der Waals surface area contributed by atoms with Crippen LogP contribution in [0.3, 0.4) is 0 Å². The van der Waals surface area contributed by atoms with E-state index in [4.69, 9.17) is 0 Å². The number of nitrogens with one attached hydrogen (secondary N) is 1. The van der Waals surface area contributed by atoms with Crippen LogP contribution in [0.4, 0.5) is 11.5 Å². The molecule has 1 N–H and O–H groups in total. The molecule has 2 aromatic heterocycles. The van der Waals surface area contributed by atoms with Crippen molar-refractivity contribution in [2.75, 3.05) is 5.32 Å². The largest absolute Gasteiger partial charge is 0.365 e. The first-order chi connectivity index (χ1) is 9.00. The van der Waals surface area contributed by atoms with Crippen LogP contribution < -0.4 is 5.32 Å². The van der Waals surface area contributed by atoms with Crippen LogP contribution in [0.1, 0.15) is 16.7 Å². The first kappa shape index (κ1) is 14.0. The molecule has 19 heavy (non-hydrogen) atoms. The van der Waals surface area contributed by atoms with Crippen molar-refractivity contribution in [3.8, 4) is 0 Å². The van der Waals surface area contributed by atoms with E-state index in [2.05, 4.69) is 43.9 Å². The summed E-state index contributed by atoms with van der Waals surface area (Å²) in [5, 5.41) is 18.2. The van der Waals surface area contributed by atoms with E-state index in [9.17, 15) is 10.1 Å². The van der Waals surface area contributed by atoms with Gasteiger partial charge in [-0.2, -0.15) is 11.3 Å². The topological polar surface area (TPSA) is 68.1 Å². The molecule has 2 aromatic rings. The van der Waals surface area contributed by atoms with Crippen LogP contribution in [-0.2, 0) is 6.54 Å². The first-order valence-electron chi connectivity index (χ1n) is 5.55. The third-order valence-electron chi connectivity index (χ3n) is 2.84. The van der Waals surface area contributed by atoms with Gasteiger partial charge in [-0.05, 0) is 51.7 Å². The highest BCUT2D eigenvalue weighted by atomic mass is 79.9. The van der Waals surface area contributed by atoms with E-state index >= 15 is 0 Å². The van der Waals surface area contributed by atoms with Crippen molar-refractivity contribution in [3.05, 3.63) is 48.2 Å². The van der Waals surface area contributed by atoms with Crippen molar-refractivity contribution < 1.29 is 4.92 Å². The molecule has 0 unspecified atom stereocenters. The number of hydrogen-bond acceptors (Lipinski definition) is 5. The summed E-state index contributed by atoms with van der Waals surface area (Å²) in [6, 6.07) is 0. The van der Waals surface area contributed by atoms with Gasteiger partial charge in [0.1, 0.15) is 12.0 Å². The van der Waals surface area contributed by atoms with Gasteiger partial charge < -0.3 is 5.32 Å². The Labute approximate surface area is 123 Å². The quantitative estimate of drug-likeness (QED) is 0.672. The molecule has 0 aliphatic carbocycles. The lowest BCUT2D eigenvalue weighted by Crippen LogP contribution is -2.04. The maximum atomic E-state index is 10.8. The third kappa shape index (κ3) is 2.93. The van der Waals surface area contributed by atoms with Crippen LogP contribution in [0.25, 0.3) is 0 Å². The number of hydrogen-bond donors (Lipinski definition) is 1. The van der Waals surface area contributed by atoms with Crippen molar-refractivity contribution in [3.63, 3.8) is 0 Å². The van der Waals surface area contributed by atoms with Crippen LogP contribution in [0.2, 0.25) is 0 Å². The molecule has 5 nitrogen and oxygen atoms in total. The van der Waals surface area contributed by atoms with Gasteiger partial charge in [0.15, 0.2) is 0 Å². The third-order valence-corrected chi connectivity index (χ3v) is 4.72. The predicted molar refractivity (Wildman–Crippen MR) is 79.7 cm³/mol. The lowest BCUT2D eigenvalue weighted by Gasteiger charge is -2.09. The molecular weight excluding hydrogens is 330 g/mol. The van der Waals surface area contributed by atoms with Gasteiger partial charge in [-0.1, -0.05) is 0 Å². The summed E-state index contributed by atoms with van der Waals surface area (Å²) < 4.78 is 0.634. The molecule has 0 aromatic carbocycles. The molecule has 0 radical (unpaired) electrons. The molecule has 0 spiro atoms. The summed E-state index contributed by atoms with van der Waals surface area (Å²) >= 11 is 5.01. The van der Waals surface area contributed by atoms with Gasteiger partial charge in [-0.25, -0.2) is 4.98 Å². The molecule has 0 bridgehead atoms. The second kappa shape index (κ2) is 5.66. The van der Waals surface area contributed by atoms with Gasteiger partial charge >= 0.3 is 0 Å². The van der Waals surface area contributed by atoms with E-state index in [1.54, 1.807) is 18.3 Å². The Morgan fingerprint density at radius 1 is 1.47 bits per heavy atom. The van der Waals surface area contributed by atoms with Crippen molar-refractivity contribution >= 4 is 38.8 Å². The van der Waals surface area contributed by atoms with Crippen LogP contribution >= 0.6 is 27.3 Å². The van der Waals surface area contributed by atoms with Crippen molar-refractivity contribution in [2.45, 2.75) is 20.4 Å². The van der Waals surface area contributed by atoms with Crippen LogP contribution in [0.5, 0.6) is 0 Å². The number of halogens is 1. The number of pyridine rings is 1. The predicted octanol–water partition coefficient (Wildman–Crippen LogP) is 4.04. The Kier molecular flexibility index (Phi) is 4.16. The number of nitrogens with zero attached hydrogens (tertiary/aromatic N) is 2. The number of anilines is 1. The molecule has 0 aliphatic rings. The Hall–Kier alpha value is -1.47. The summed E-state index contributed by atoms with van der Waals surface area (Å²) in [6.07, 6.45) is 1.28. The zero-order valence-corrected chi connectivity index (χ0v) is 12.8. The van der Waals surface area contributed by atoms with Gasteiger partial charge in [0.2, 0.25) is 0 Å². The molecule has 2 heterocycles. The number of thiophene rings is 1. The van der Waals surface area contributed by atoms with E-state index in [1.807, 2.05) is 0 Å². The Balaban J connectivity index is 2.20. The lowest BCUT2D eigenvalue weighted by molar-refractivity contribution is -0.385. The summed E-state index contributed by atoms with van der Waals surface area (Å²) in [5.41, 5.74) is 3.02. The van der Waals surface area contributed by atoms with Crippen LogP contribution in [0.15, 0.2) is 21.4 Å². The standard InChI is InChI=1S/C12H12BrN3O2S/c1-7-5-19-6-9(7)3-14-12-11(13)8(2)10(4-15-12)16(17)18/h4-6H,3H2,1-2H3,(H,14,15). The Bertz CT molecular complexity index is 627. The van der Waals surface area contributed by atoms with E-state index in [0.717, 1.165) is 0 Å². The van der Waals surface area contributed by atoms with Crippen molar-refractivity contribution in [2.24, 2.45) is 0 Å². The van der Waals surface area contributed by atoms with Gasteiger partial charge in [-0.3, -0.25) is 10.1 Å². The molecule has 0 amide bonds. The Morgan fingerprint density at radius 2 is 2.21 bits per heavy atom. The summed E-state index contributed by atoms with van der Waals surface area (Å²) in [5.74, 6) is 0.619. The van der Waals surface area contributed by atoms with Gasteiger partial charge in [0.05, 0.1) is 9.40 Å². The highest BCUT2D eigenvalue weighted by Gasteiger charge is 2.17. The highest BCUT2D eigenvalue weighted by Crippen LogP contribution is 2.30. The smallest absolute Gasteiger partial charge is 0.291 e. The average Bonchev–Trinajstić information content (AvgIpc) is 2.76. The number of rotatable bonds is 4. The molecule has 2 rings (SSSR count). The van der Waals surface area contributed by atoms with E-state index < -0.39 is 4.92 Å². The molecule has 0 atom stereocenters. The number of aryl methyl sites for hydroxylation is 1. The minimum absolute atomic E-state index is 0.0177. The molecule has 0 saturated carbocycles. The van der Waals surface area contributed by atoms with E-state index in [-0.39, 0.29) is 5.69 Å². The zero-order chi connectivity index (χ0) is 14.0. The van der Waals surface area contributed by atoms with Crippen LogP contribution in [-0.4, -0.2) is 9.91 Å². The summed E-state index contributed by atoms with van der Waals surface area (Å²) in [7, 11) is 0. The molecule has 0 aliphatic heterocycles. The maximum Gasteiger partial charge on any atom is 0.291 e. The minimum atomic E-state index is -0.431. The fourth-order valence-corrected chi connectivity index (χ4v) is 2.93. The second-order valence-electron chi connectivity index (χ2n) is 4.12. The van der Waals surface area contributed by atoms with E-state index in [0.29, 0.717) is 22.4 Å². The zero-order valence-electron chi connectivity index (χ0n) is 10.4. The fraction of sp³-hybridized carbons (Fsp3) is 0.250. The van der Waals surface area contributed by atoms with E-state index in [1.165, 1.54) is 17.3 Å². The SMILES string of the molecule is Cc1cscc1CNc1ncc([N+](=O)[O-])c(C)c1Br. The monoisotopic (exact) mass is 341 g/mol. The maximum absolute atomic E-state index is 10.8. The number of aromatic nitrogens is 1. The average molecular weight is 342 g/mol. The Morgan fingerprint density at radius 3 is 2.79 bits per heavy atom. The number of nitro groups is 1. The van der Waals surface area contributed by atoms with Gasteiger partial charge in [0.25, 0.3) is 5.69 Å². The first-order valence-corrected chi connectivity index (χ1v) is 7.29. The van der Waals surface area contributed by atoms with Gasteiger partial charge in [0, 0.05) is 12.1 Å². The molecule has 7 heteroatoms. The summed E-state index contributed by atoms with van der Waals surface area (Å²) in [6.45, 7) is 4.40. The van der Waals surface area contributed by atoms with Crippen LogP contribution in [0, 0.1) is 24.0 Å². The fourth-order valence-electron chi connectivity index (χ4n) is 1.62. The highest BCUT2D eigenvalue weighted by molar-refractivity contribution is 9.10. The lowest BCUT2D eigenvalue weighted by atomic mass is 10.2.